The van der Waals surface area contributed by atoms with Gasteiger partial charge in [-0.15, -0.1) is 0 Å². The quantitative estimate of drug-likeness (QED) is 0.454. The summed E-state index contributed by atoms with van der Waals surface area (Å²) in [5, 5.41) is 8.85. The number of nitriles is 1. The Morgan fingerprint density at radius 1 is 1.03 bits per heavy atom. The summed E-state index contributed by atoms with van der Waals surface area (Å²) in [7, 11) is -3.80. The Hall–Kier alpha value is -3.94. The van der Waals surface area contributed by atoms with Gasteiger partial charge in [0.25, 0.3) is 5.91 Å². The Labute approximate surface area is 191 Å². The lowest BCUT2D eigenvalue weighted by atomic mass is 10.2. The fourth-order valence-corrected chi connectivity index (χ4v) is 3.88. The molecule has 0 aliphatic rings. The van der Waals surface area contributed by atoms with Gasteiger partial charge in [0.05, 0.1) is 35.8 Å². The molecule has 1 aromatic heterocycles. The number of sulfonamides is 1. The molecule has 1 N–H and O–H groups in total. The third kappa shape index (κ3) is 6.52. The minimum absolute atomic E-state index is 0.00897. The first-order valence-electron chi connectivity index (χ1n) is 9.92. The molecule has 0 saturated carbocycles. The predicted molar refractivity (Wildman–Crippen MR) is 118 cm³/mol. The van der Waals surface area contributed by atoms with E-state index in [-0.39, 0.29) is 30.0 Å². The summed E-state index contributed by atoms with van der Waals surface area (Å²) in [6.45, 7) is -0.372. The van der Waals surface area contributed by atoms with Gasteiger partial charge in [0.2, 0.25) is 10.0 Å². The van der Waals surface area contributed by atoms with E-state index in [4.69, 9.17) is 14.4 Å². The molecule has 10 heteroatoms. The maximum atomic E-state index is 12.6. The molecule has 0 spiro atoms. The van der Waals surface area contributed by atoms with Crippen LogP contribution in [0.25, 0.3) is 0 Å². The highest BCUT2D eigenvalue weighted by Crippen LogP contribution is 2.15. The summed E-state index contributed by atoms with van der Waals surface area (Å²) in [6.07, 6.45) is 1.57. The van der Waals surface area contributed by atoms with Crippen molar-refractivity contribution < 1.29 is 27.2 Å². The van der Waals surface area contributed by atoms with Crippen molar-refractivity contribution in [3.05, 3.63) is 84.3 Å². The number of carbonyl (C=O) groups excluding carboxylic acids is 2. The van der Waals surface area contributed by atoms with Crippen LogP contribution in [0.15, 0.2) is 82.3 Å². The number of carbonyl (C=O) groups is 2. The van der Waals surface area contributed by atoms with Crippen molar-refractivity contribution in [3.8, 4) is 6.07 Å². The second-order valence-electron chi connectivity index (χ2n) is 6.79. The van der Waals surface area contributed by atoms with Crippen LogP contribution in [0.5, 0.6) is 0 Å². The number of nitrogens with zero attached hydrogens (tertiary/aromatic N) is 2. The summed E-state index contributed by atoms with van der Waals surface area (Å²) < 4.78 is 37.4. The molecule has 3 rings (SSSR count). The normalized spacial score (nSPS) is 10.9. The van der Waals surface area contributed by atoms with Crippen molar-refractivity contribution in [1.82, 2.24) is 4.72 Å². The molecule has 0 saturated heterocycles. The highest BCUT2D eigenvalue weighted by Gasteiger charge is 2.19. The van der Waals surface area contributed by atoms with E-state index in [0.717, 1.165) is 0 Å². The number of furan rings is 1. The highest BCUT2D eigenvalue weighted by atomic mass is 32.2. The van der Waals surface area contributed by atoms with Crippen molar-refractivity contribution in [2.45, 2.75) is 17.9 Å². The molecule has 0 radical (unpaired) electrons. The molecule has 2 aromatic carbocycles. The van der Waals surface area contributed by atoms with Crippen molar-refractivity contribution in [2.24, 2.45) is 0 Å². The van der Waals surface area contributed by atoms with Gasteiger partial charge >= 0.3 is 5.97 Å². The zero-order valence-corrected chi connectivity index (χ0v) is 18.3. The number of nitrogens with one attached hydrogen (secondary N) is 1. The maximum Gasteiger partial charge on any atom is 0.338 e. The molecular weight excluding hydrogens is 446 g/mol. The zero-order valence-electron chi connectivity index (χ0n) is 17.5. The second-order valence-corrected chi connectivity index (χ2v) is 8.56. The summed E-state index contributed by atoms with van der Waals surface area (Å²) in [4.78, 5) is 26.3. The first-order chi connectivity index (χ1) is 15.9. The Kier molecular flexibility index (Phi) is 7.96. The van der Waals surface area contributed by atoms with Gasteiger partial charge in [-0.05, 0) is 48.5 Å². The standard InChI is InChI=1S/C23H21N3O6S/c24-13-5-14-26(19-6-2-1-3-7-19)22(27)17-32-23(28)18-9-11-21(12-10-18)33(29,30)25-16-20-8-4-15-31-20/h1-4,6-12,15,25H,5,14,16-17H2. The topological polar surface area (TPSA) is 130 Å². The largest absolute Gasteiger partial charge is 0.468 e. The van der Waals surface area contributed by atoms with Crippen molar-refractivity contribution >= 4 is 27.6 Å². The molecular formula is C23H21N3O6S. The molecule has 170 valence electrons. The van der Waals surface area contributed by atoms with Gasteiger partial charge in [0.15, 0.2) is 6.61 Å². The molecule has 0 aliphatic heterocycles. The first kappa shape index (κ1) is 23.7. The van der Waals surface area contributed by atoms with Gasteiger partial charge in [-0.25, -0.2) is 17.9 Å². The van der Waals surface area contributed by atoms with Crippen LogP contribution in [0.2, 0.25) is 0 Å². The lowest BCUT2D eigenvalue weighted by molar-refractivity contribution is -0.121. The number of ether oxygens (including phenoxy) is 1. The van der Waals surface area contributed by atoms with E-state index in [2.05, 4.69) is 4.72 Å². The van der Waals surface area contributed by atoms with Crippen molar-refractivity contribution in [3.63, 3.8) is 0 Å². The summed E-state index contributed by atoms with van der Waals surface area (Å²) in [6, 6.07) is 19.2. The summed E-state index contributed by atoms with van der Waals surface area (Å²) >= 11 is 0. The molecule has 33 heavy (non-hydrogen) atoms. The van der Waals surface area contributed by atoms with E-state index in [9.17, 15) is 18.0 Å². The predicted octanol–water partition coefficient (Wildman–Crippen LogP) is 2.86. The third-order valence-electron chi connectivity index (χ3n) is 4.56. The lowest BCUT2D eigenvalue weighted by Crippen LogP contribution is -2.35. The molecule has 0 unspecified atom stereocenters. The Morgan fingerprint density at radius 2 is 1.76 bits per heavy atom. The van der Waals surface area contributed by atoms with Crippen LogP contribution >= 0.6 is 0 Å². The summed E-state index contributed by atoms with van der Waals surface area (Å²) in [5.74, 6) is -0.794. The molecule has 9 nitrogen and oxygen atoms in total. The monoisotopic (exact) mass is 467 g/mol. The number of hydrogen-bond donors (Lipinski definition) is 1. The van der Waals surface area contributed by atoms with Gasteiger partial charge in [0.1, 0.15) is 5.76 Å². The number of rotatable bonds is 10. The number of esters is 1. The van der Waals surface area contributed by atoms with Gasteiger partial charge in [0, 0.05) is 12.2 Å². The molecule has 0 fully saturated rings. The van der Waals surface area contributed by atoms with Crippen LogP contribution in [0.1, 0.15) is 22.5 Å². The number of para-hydroxylation sites is 1. The van der Waals surface area contributed by atoms with E-state index in [1.54, 1.807) is 42.5 Å². The highest BCUT2D eigenvalue weighted by molar-refractivity contribution is 7.89. The van der Waals surface area contributed by atoms with Crippen LogP contribution in [0.4, 0.5) is 5.69 Å². The molecule has 0 bridgehead atoms. The van der Waals surface area contributed by atoms with E-state index in [1.807, 2.05) is 6.07 Å². The zero-order chi connectivity index (χ0) is 23.7. The Balaban J connectivity index is 1.59. The van der Waals surface area contributed by atoms with Gasteiger partial charge in [-0.3, -0.25) is 4.79 Å². The molecule has 3 aromatic rings. The van der Waals surface area contributed by atoms with E-state index < -0.39 is 28.5 Å². The smallest absolute Gasteiger partial charge is 0.338 e. The SMILES string of the molecule is N#CCCN(C(=O)COC(=O)c1ccc(S(=O)(=O)NCc2ccco2)cc1)c1ccccc1. The fraction of sp³-hybridized carbons (Fsp3) is 0.174. The number of anilines is 1. The molecule has 1 amide bonds. The van der Waals surface area contributed by atoms with Gasteiger partial charge < -0.3 is 14.1 Å². The number of hydrogen-bond acceptors (Lipinski definition) is 7. The Morgan fingerprint density at radius 3 is 2.39 bits per heavy atom. The fourth-order valence-electron chi connectivity index (χ4n) is 2.89. The average Bonchev–Trinajstić information content (AvgIpc) is 3.36. The van der Waals surface area contributed by atoms with Crippen molar-refractivity contribution in [2.75, 3.05) is 18.1 Å². The summed E-state index contributed by atoms with van der Waals surface area (Å²) in [5.41, 5.74) is 0.682. The van der Waals surface area contributed by atoms with E-state index >= 15 is 0 Å². The molecule has 0 aliphatic carbocycles. The van der Waals surface area contributed by atoms with Crippen molar-refractivity contribution in [1.29, 1.82) is 5.26 Å². The van der Waals surface area contributed by atoms with Crippen LogP contribution in [-0.4, -0.2) is 33.4 Å². The Bertz CT molecular complexity index is 1220. The van der Waals surface area contributed by atoms with E-state index in [0.29, 0.717) is 11.4 Å². The average molecular weight is 468 g/mol. The van der Waals surface area contributed by atoms with Crippen LogP contribution < -0.4 is 9.62 Å². The minimum atomic E-state index is -3.80. The molecule has 0 atom stereocenters. The van der Waals surface area contributed by atoms with Gasteiger partial charge in [-0.1, -0.05) is 18.2 Å². The van der Waals surface area contributed by atoms with Crippen LogP contribution in [0.3, 0.4) is 0 Å². The lowest BCUT2D eigenvalue weighted by Gasteiger charge is -2.21. The molecule has 1 heterocycles. The minimum Gasteiger partial charge on any atom is -0.468 e. The maximum absolute atomic E-state index is 12.6. The number of amides is 1. The van der Waals surface area contributed by atoms with Crippen LogP contribution in [0, 0.1) is 11.3 Å². The number of benzene rings is 2. The van der Waals surface area contributed by atoms with E-state index in [1.165, 1.54) is 35.4 Å². The van der Waals surface area contributed by atoms with Gasteiger partial charge in [-0.2, -0.15) is 5.26 Å². The second kappa shape index (κ2) is 11.1. The first-order valence-corrected chi connectivity index (χ1v) is 11.4. The van der Waals surface area contributed by atoms with Crippen LogP contribution in [-0.2, 0) is 26.1 Å². The third-order valence-corrected chi connectivity index (χ3v) is 5.98.